The van der Waals surface area contributed by atoms with Crippen molar-refractivity contribution in [3.63, 3.8) is 0 Å². The molecule has 3 rings (SSSR count). The molecule has 0 amide bonds. The lowest BCUT2D eigenvalue weighted by atomic mass is 9.96. The van der Waals surface area contributed by atoms with Crippen molar-refractivity contribution in [2.45, 2.75) is 18.8 Å². The van der Waals surface area contributed by atoms with Gasteiger partial charge in [-0.05, 0) is 25.5 Å². The van der Waals surface area contributed by atoms with Gasteiger partial charge in [0.15, 0.2) is 0 Å². The van der Waals surface area contributed by atoms with Gasteiger partial charge in [-0.3, -0.25) is 5.10 Å². The zero-order valence-corrected chi connectivity index (χ0v) is 9.82. The van der Waals surface area contributed by atoms with E-state index in [4.69, 9.17) is 0 Å². The van der Waals surface area contributed by atoms with Crippen LogP contribution in [0, 0.1) is 0 Å². The summed E-state index contributed by atoms with van der Waals surface area (Å²) in [5.41, 5.74) is 3.49. The predicted molar refractivity (Wildman–Crippen MR) is 68.9 cm³/mol. The molecule has 2 aromatic rings. The van der Waals surface area contributed by atoms with Crippen LogP contribution in [0.3, 0.4) is 0 Å². The standard InChI is InChI=1S/C14H17N3/c1-2-5-11(6-3-1)13-9-14(17-16-13)12-7-4-8-15-10-12/h1-3,5-6,9,12,15H,4,7-8,10H2,(H,16,17). The van der Waals surface area contributed by atoms with E-state index in [9.17, 15) is 0 Å². The molecule has 1 aromatic heterocycles. The zero-order chi connectivity index (χ0) is 11.5. The van der Waals surface area contributed by atoms with E-state index in [0.717, 1.165) is 18.8 Å². The summed E-state index contributed by atoms with van der Waals surface area (Å²) in [4.78, 5) is 0. The summed E-state index contributed by atoms with van der Waals surface area (Å²) in [5, 5.41) is 11.0. The lowest BCUT2D eigenvalue weighted by Crippen LogP contribution is -2.28. The van der Waals surface area contributed by atoms with Gasteiger partial charge in [-0.25, -0.2) is 0 Å². The Labute approximate surface area is 101 Å². The summed E-state index contributed by atoms with van der Waals surface area (Å²) in [6, 6.07) is 12.5. The molecule has 17 heavy (non-hydrogen) atoms. The topological polar surface area (TPSA) is 40.7 Å². The Morgan fingerprint density at radius 2 is 2.06 bits per heavy atom. The average Bonchev–Trinajstić information content (AvgIpc) is 2.90. The second-order valence-corrected chi connectivity index (χ2v) is 4.62. The van der Waals surface area contributed by atoms with E-state index in [1.54, 1.807) is 0 Å². The largest absolute Gasteiger partial charge is 0.316 e. The summed E-state index contributed by atoms with van der Waals surface area (Å²) >= 11 is 0. The molecular formula is C14H17N3. The molecule has 1 saturated heterocycles. The SMILES string of the molecule is c1ccc(-c2cc(C3CCCNC3)[nH]n2)cc1. The highest BCUT2D eigenvalue weighted by molar-refractivity contribution is 5.59. The van der Waals surface area contributed by atoms with Gasteiger partial charge in [-0.15, -0.1) is 0 Å². The lowest BCUT2D eigenvalue weighted by Gasteiger charge is -2.21. The molecule has 3 nitrogen and oxygen atoms in total. The van der Waals surface area contributed by atoms with Crippen molar-refractivity contribution in [2.75, 3.05) is 13.1 Å². The molecule has 0 saturated carbocycles. The van der Waals surface area contributed by atoms with E-state index in [-0.39, 0.29) is 0 Å². The maximum Gasteiger partial charge on any atom is 0.0923 e. The number of piperidine rings is 1. The summed E-state index contributed by atoms with van der Waals surface area (Å²) in [6.07, 6.45) is 2.51. The summed E-state index contributed by atoms with van der Waals surface area (Å²) in [5.74, 6) is 0.591. The number of nitrogens with one attached hydrogen (secondary N) is 2. The molecule has 0 spiro atoms. The Morgan fingerprint density at radius 1 is 1.18 bits per heavy atom. The van der Waals surface area contributed by atoms with Gasteiger partial charge < -0.3 is 5.32 Å². The summed E-state index contributed by atoms with van der Waals surface area (Å²) in [7, 11) is 0. The van der Waals surface area contributed by atoms with Crippen LogP contribution < -0.4 is 5.32 Å². The molecule has 2 N–H and O–H groups in total. The number of hydrogen-bond donors (Lipinski definition) is 2. The number of aromatic nitrogens is 2. The van der Waals surface area contributed by atoms with E-state index in [1.165, 1.54) is 24.1 Å². The van der Waals surface area contributed by atoms with Crippen molar-refractivity contribution >= 4 is 0 Å². The van der Waals surface area contributed by atoms with Crippen LogP contribution in [-0.2, 0) is 0 Å². The molecule has 0 radical (unpaired) electrons. The molecule has 0 aliphatic carbocycles. The Balaban J connectivity index is 1.83. The normalized spacial score (nSPS) is 20.4. The second-order valence-electron chi connectivity index (χ2n) is 4.62. The Hall–Kier alpha value is -1.61. The fourth-order valence-electron chi connectivity index (χ4n) is 2.42. The molecule has 3 heteroatoms. The first-order chi connectivity index (χ1) is 8.43. The fraction of sp³-hybridized carbons (Fsp3) is 0.357. The van der Waals surface area contributed by atoms with Crippen LogP contribution in [0.5, 0.6) is 0 Å². The first-order valence-electron chi connectivity index (χ1n) is 6.25. The monoisotopic (exact) mass is 227 g/mol. The van der Waals surface area contributed by atoms with Gasteiger partial charge in [0.1, 0.15) is 0 Å². The third kappa shape index (κ3) is 2.24. The average molecular weight is 227 g/mol. The van der Waals surface area contributed by atoms with E-state index in [1.807, 2.05) is 18.2 Å². The maximum absolute atomic E-state index is 4.41. The van der Waals surface area contributed by atoms with Crippen molar-refractivity contribution in [1.82, 2.24) is 15.5 Å². The first-order valence-corrected chi connectivity index (χ1v) is 6.25. The highest BCUT2D eigenvalue weighted by Crippen LogP contribution is 2.25. The molecule has 1 fully saturated rings. The first kappa shape index (κ1) is 10.5. The Bertz CT molecular complexity index is 469. The number of benzene rings is 1. The van der Waals surface area contributed by atoms with Crippen LogP contribution in [0.25, 0.3) is 11.3 Å². The van der Waals surface area contributed by atoms with Crippen molar-refractivity contribution < 1.29 is 0 Å². The molecule has 1 aromatic carbocycles. The van der Waals surface area contributed by atoms with Crippen LogP contribution in [-0.4, -0.2) is 23.3 Å². The minimum absolute atomic E-state index is 0.591. The molecule has 1 unspecified atom stereocenters. The number of hydrogen-bond acceptors (Lipinski definition) is 2. The fourth-order valence-corrected chi connectivity index (χ4v) is 2.42. The summed E-state index contributed by atoms with van der Waals surface area (Å²) < 4.78 is 0. The molecule has 1 aliphatic rings. The highest BCUT2D eigenvalue weighted by atomic mass is 15.1. The van der Waals surface area contributed by atoms with E-state index in [2.05, 4.69) is 33.7 Å². The van der Waals surface area contributed by atoms with Crippen LogP contribution in [0.15, 0.2) is 36.4 Å². The molecular weight excluding hydrogens is 210 g/mol. The van der Waals surface area contributed by atoms with Gasteiger partial charge in [0.2, 0.25) is 0 Å². The quantitative estimate of drug-likeness (QED) is 0.827. The van der Waals surface area contributed by atoms with Gasteiger partial charge in [-0.1, -0.05) is 30.3 Å². The number of rotatable bonds is 2. The zero-order valence-electron chi connectivity index (χ0n) is 9.82. The third-order valence-electron chi connectivity index (χ3n) is 3.40. The minimum atomic E-state index is 0.591. The lowest BCUT2D eigenvalue weighted by molar-refractivity contribution is 0.454. The van der Waals surface area contributed by atoms with E-state index < -0.39 is 0 Å². The van der Waals surface area contributed by atoms with Crippen molar-refractivity contribution in [1.29, 1.82) is 0 Å². The van der Waals surface area contributed by atoms with Crippen LogP contribution in [0.4, 0.5) is 0 Å². The second kappa shape index (κ2) is 4.72. The van der Waals surface area contributed by atoms with Crippen LogP contribution in [0.2, 0.25) is 0 Å². The third-order valence-corrected chi connectivity index (χ3v) is 3.40. The molecule has 0 bridgehead atoms. The highest BCUT2D eigenvalue weighted by Gasteiger charge is 2.17. The summed E-state index contributed by atoms with van der Waals surface area (Å²) in [6.45, 7) is 2.21. The van der Waals surface area contributed by atoms with Gasteiger partial charge in [0.05, 0.1) is 5.69 Å². The van der Waals surface area contributed by atoms with E-state index >= 15 is 0 Å². The van der Waals surface area contributed by atoms with Crippen molar-refractivity contribution in [3.8, 4) is 11.3 Å². The molecule has 88 valence electrons. The minimum Gasteiger partial charge on any atom is -0.316 e. The smallest absolute Gasteiger partial charge is 0.0923 e. The molecule has 2 heterocycles. The Kier molecular flexibility index (Phi) is 2.92. The van der Waals surface area contributed by atoms with Crippen molar-refractivity contribution in [2.24, 2.45) is 0 Å². The Morgan fingerprint density at radius 3 is 2.82 bits per heavy atom. The number of nitrogens with zero attached hydrogens (tertiary/aromatic N) is 1. The van der Waals surface area contributed by atoms with E-state index in [0.29, 0.717) is 5.92 Å². The van der Waals surface area contributed by atoms with Gasteiger partial charge in [0.25, 0.3) is 0 Å². The number of aromatic amines is 1. The molecule has 1 aliphatic heterocycles. The predicted octanol–water partition coefficient (Wildman–Crippen LogP) is 2.54. The number of H-pyrrole nitrogens is 1. The molecule has 1 atom stereocenters. The van der Waals surface area contributed by atoms with Crippen molar-refractivity contribution in [3.05, 3.63) is 42.1 Å². The van der Waals surface area contributed by atoms with Gasteiger partial charge in [0, 0.05) is 23.7 Å². The van der Waals surface area contributed by atoms with Crippen LogP contribution >= 0.6 is 0 Å². The van der Waals surface area contributed by atoms with Crippen LogP contribution in [0.1, 0.15) is 24.5 Å². The van der Waals surface area contributed by atoms with Gasteiger partial charge >= 0.3 is 0 Å². The maximum atomic E-state index is 4.41. The van der Waals surface area contributed by atoms with Gasteiger partial charge in [-0.2, -0.15) is 5.10 Å².